The van der Waals surface area contributed by atoms with Crippen molar-refractivity contribution >= 4 is 21.8 Å². The van der Waals surface area contributed by atoms with E-state index in [-0.39, 0.29) is 0 Å². The van der Waals surface area contributed by atoms with E-state index in [0.717, 1.165) is 19.3 Å². The molecule has 1 saturated heterocycles. The van der Waals surface area contributed by atoms with Crippen molar-refractivity contribution in [2.75, 3.05) is 27.2 Å². The normalized spacial score (nSPS) is 18.6. The van der Waals surface area contributed by atoms with Gasteiger partial charge in [0.15, 0.2) is 0 Å². The Kier molecular flexibility index (Phi) is 5.01. The van der Waals surface area contributed by atoms with E-state index in [4.69, 9.17) is 11.6 Å². The summed E-state index contributed by atoms with van der Waals surface area (Å²) in [5.41, 5.74) is 1.17. The van der Waals surface area contributed by atoms with Gasteiger partial charge in [-0.15, -0.1) is 0 Å². The maximum absolute atomic E-state index is 12.0. The summed E-state index contributed by atoms with van der Waals surface area (Å²) in [7, 11) is -0.128. The van der Waals surface area contributed by atoms with Gasteiger partial charge in [-0.3, -0.25) is 0 Å². The predicted molar refractivity (Wildman–Crippen MR) is 79.9 cm³/mol. The molecule has 0 N–H and O–H groups in total. The molecule has 0 bridgehead atoms. The summed E-state index contributed by atoms with van der Waals surface area (Å²) < 4.78 is 26.9. The molecule has 0 saturated carbocycles. The molecule has 2 rings (SSSR count). The number of aromatic nitrogens is 1. The zero-order chi connectivity index (χ0) is 14.8. The van der Waals surface area contributed by atoms with Gasteiger partial charge < -0.3 is 0 Å². The van der Waals surface area contributed by atoms with E-state index < -0.39 is 10.2 Å². The Morgan fingerprint density at radius 3 is 2.60 bits per heavy atom. The van der Waals surface area contributed by atoms with Gasteiger partial charge in [-0.2, -0.15) is 17.0 Å². The molecule has 112 valence electrons. The van der Waals surface area contributed by atoms with Crippen molar-refractivity contribution < 1.29 is 8.42 Å². The summed E-state index contributed by atoms with van der Waals surface area (Å²) in [4.78, 5) is 3.97. The third-order valence-electron chi connectivity index (χ3n) is 3.68. The topological polar surface area (TPSA) is 53.5 Å². The van der Waals surface area contributed by atoms with Gasteiger partial charge in [-0.1, -0.05) is 11.6 Å². The molecule has 1 aromatic rings. The molecule has 1 aliphatic rings. The van der Waals surface area contributed by atoms with Crippen LogP contribution in [0.5, 0.6) is 0 Å². The fourth-order valence-electron chi connectivity index (χ4n) is 2.48. The van der Waals surface area contributed by atoms with Crippen LogP contribution in [-0.2, 0) is 16.6 Å². The van der Waals surface area contributed by atoms with E-state index >= 15 is 0 Å². The molecule has 0 amide bonds. The molecular formula is C13H20ClN3O2S. The standard InChI is InChI=1S/C13H20ClN3O2S/c1-16(2)20(18,19)17-7-4-11(5-8-17)9-12-3-6-15-13(14)10-12/h3,6,10-11H,4-5,7-9H2,1-2H3. The highest BCUT2D eigenvalue weighted by molar-refractivity contribution is 7.86. The van der Waals surface area contributed by atoms with Gasteiger partial charge in [0, 0.05) is 33.4 Å². The Morgan fingerprint density at radius 2 is 2.05 bits per heavy atom. The predicted octanol–water partition coefficient (Wildman–Crippen LogP) is 1.80. The van der Waals surface area contributed by atoms with E-state index in [1.165, 1.54) is 9.87 Å². The highest BCUT2D eigenvalue weighted by atomic mass is 35.5. The summed E-state index contributed by atoms with van der Waals surface area (Å²) >= 11 is 5.88. The third kappa shape index (κ3) is 3.69. The largest absolute Gasteiger partial charge is 0.281 e. The molecule has 0 spiro atoms. The summed E-state index contributed by atoms with van der Waals surface area (Å²) in [6.45, 7) is 1.17. The van der Waals surface area contributed by atoms with Crippen LogP contribution >= 0.6 is 11.6 Å². The second-order valence-corrected chi connectivity index (χ2v) is 7.85. The Labute approximate surface area is 125 Å². The third-order valence-corrected chi connectivity index (χ3v) is 5.82. The first-order valence-corrected chi connectivity index (χ1v) is 8.45. The second kappa shape index (κ2) is 6.39. The van der Waals surface area contributed by atoms with E-state index in [1.54, 1.807) is 24.6 Å². The lowest BCUT2D eigenvalue weighted by molar-refractivity contribution is 0.262. The molecule has 1 fully saturated rings. The van der Waals surface area contributed by atoms with Crippen molar-refractivity contribution in [3.63, 3.8) is 0 Å². The molecule has 20 heavy (non-hydrogen) atoms. The van der Waals surface area contributed by atoms with Crippen LogP contribution < -0.4 is 0 Å². The molecule has 0 atom stereocenters. The van der Waals surface area contributed by atoms with Crippen LogP contribution in [0.15, 0.2) is 18.3 Å². The average Bonchev–Trinajstić information content (AvgIpc) is 2.39. The minimum atomic E-state index is -3.27. The molecule has 0 aromatic carbocycles. The number of hydrogen-bond donors (Lipinski definition) is 0. The van der Waals surface area contributed by atoms with Crippen molar-refractivity contribution in [2.24, 2.45) is 5.92 Å². The quantitative estimate of drug-likeness (QED) is 0.796. The molecule has 5 nitrogen and oxygen atoms in total. The zero-order valence-corrected chi connectivity index (χ0v) is 13.4. The number of hydrogen-bond acceptors (Lipinski definition) is 3. The first-order valence-electron chi connectivity index (χ1n) is 6.67. The Bertz CT molecular complexity index is 554. The summed E-state index contributed by atoms with van der Waals surface area (Å²) in [6, 6.07) is 3.85. The molecule has 1 aromatic heterocycles. The first kappa shape index (κ1) is 15.7. The number of halogens is 1. The van der Waals surface area contributed by atoms with E-state index in [2.05, 4.69) is 4.98 Å². The molecule has 0 unspecified atom stereocenters. The maximum Gasteiger partial charge on any atom is 0.281 e. The van der Waals surface area contributed by atoms with Gasteiger partial charge in [0.2, 0.25) is 0 Å². The number of rotatable bonds is 4. The smallest absolute Gasteiger partial charge is 0.245 e. The van der Waals surface area contributed by atoms with Gasteiger partial charge in [-0.25, -0.2) is 4.98 Å². The van der Waals surface area contributed by atoms with E-state index in [0.29, 0.717) is 24.2 Å². The van der Waals surface area contributed by atoms with Crippen LogP contribution in [0.4, 0.5) is 0 Å². The average molecular weight is 318 g/mol. The fraction of sp³-hybridized carbons (Fsp3) is 0.615. The molecule has 1 aliphatic heterocycles. The van der Waals surface area contributed by atoms with E-state index in [1.807, 2.05) is 12.1 Å². The lowest BCUT2D eigenvalue weighted by Crippen LogP contribution is -2.44. The van der Waals surface area contributed by atoms with Gasteiger partial charge in [0.25, 0.3) is 10.2 Å². The Hall–Kier alpha value is -0.690. The van der Waals surface area contributed by atoms with Gasteiger partial charge in [-0.05, 0) is 42.9 Å². The minimum Gasteiger partial charge on any atom is -0.245 e. The lowest BCUT2D eigenvalue weighted by Gasteiger charge is -2.32. The van der Waals surface area contributed by atoms with Gasteiger partial charge >= 0.3 is 0 Å². The van der Waals surface area contributed by atoms with Crippen LogP contribution in [0.3, 0.4) is 0 Å². The SMILES string of the molecule is CN(C)S(=O)(=O)N1CCC(Cc2ccnc(Cl)c2)CC1. The summed E-state index contributed by atoms with van der Waals surface area (Å²) in [6.07, 6.45) is 4.40. The lowest BCUT2D eigenvalue weighted by atomic mass is 9.91. The highest BCUT2D eigenvalue weighted by Crippen LogP contribution is 2.24. The van der Waals surface area contributed by atoms with Crippen LogP contribution in [0, 0.1) is 5.92 Å². The molecule has 0 radical (unpaired) electrons. The molecule has 0 aliphatic carbocycles. The van der Waals surface area contributed by atoms with Gasteiger partial charge in [0.1, 0.15) is 5.15 Å². The highest BCUT2D eigenvalue weighted by Gasteiger charge is 2.29. The van der Waals surface area contributed by atoms with Crippen LogP contribution in [0.25, 0.3) is 0 Å². The second-order valence-electron chi connectivity index (χ2n) is 5.32. The monoisotopic (exact) mass is 317 g/mol. The number of piperidine rings is 1. The minimum absolute atomic E-state index is 0.502. The Morgan fingerprint density at radius 1 is 1.40 bits per heavy atom. The van der Waals surface area contributed by atoms with Crippen LogP contribution in [0.2, 0.25) is 5.15 Å². The van der Waals surface area contributed by atoms with Crippen molar-refractivity contribution in [2.45, 2.75) is 19.3 Å². The Balaban J connectivity index is 1.92. The number of pyridine rings is 1. The summed E-state index contributed by atoms with van der Waals surface area (Å²) in [5, 5.41) is 0.509. The van der Waals surface area contributed by atoms with Crippen molar-refractivity contribution in [3.8, 4) is 0 Å². The van der Waals surface area contributed by atoms with Crippen LogP contribution in [-0.4, -0.2) is 49.2 Å². The first-order chi connectivity index (χ1) is 9.39. The zero-order valence-electron chi connectivity index (χ0n) is 11.8. The molecular weight excluding hydrogens is 298 g/mol. The number of nitrogens with zero attached hydrogens (tertiary/aromatic N) is 3. The van der Waals surface area contributed by atoms with Crippen molar-refractivity contribution in [1.29, 1.82) is 0 Å². The molecule has 7 heteroatoms. The van der Waals surface area contributed by atoms with Gasteiger partial charge in [0.05, 0.1) is 0 Å². The fourth-order valence-corrected chi connectivity index (χ4v) is 3.81. The molecule has 2 heterocycles. The van der Waals surface area contributed by atoms with E-state index in [9.17, 15) is 8.42 Å². The summed E-state index contributed by atoms with van der Waals surface area (Å²) in [5.74, 6) is 0.502. The van der Waals surface area contributed by atoms with Crippen molar-refractivity contribution in [1.82, 2.24) is 13.6 Å². The van der Waals surface area contributed by atoms with Crippen molar-refractivity contribution in [3.05, 3.63) is 29.0 Å². The van der Waals surface area contributed by atoms with Crippen LogP contribution in [0.1, 0.15) is 18.4 Å². The maximum atomic E-state index is 12.0.